The molecule has 0 aliphatic heterocycles. The third kappa shape index (κ3) is 6.47. The van der Waals surface area contributed by atoms with Gasteiger partial charge in [-0.15, -0.1) is 10.2 Å². The first kappa shape index (κ1) is 24.6. The lowest BCUT2D eigenvalue weighted by Gasteiger charge is -2.14. The van der Waals surface area contributed by atoms with E-state index in [1.807, 2.05) is 32.0 Å². The van der Waals surface area contributed by atoms with E-state index >= 15 is 0 Å². The van der Waals surface area contributed by atoms with Crippen LogP contribution in [0.1, 0.15) is 22.3 Å². The average molecular weight is 485 g/mol. The van der Waals surface area contributed by atoms with Gasteiger partial charge in [-0.1, -0.05) is 35.5 Å². The zero-order chi connectivity index (χ0) is 24.4. The number of alkyl halides is 6. The summed E-state index contributed by atoms with van der Waals surface area (Å²) in [5.74, 6) is -1.07. The van der Waals surface area contributed by atoms with Crippen molar-refractivity contribution < 1.29 is 31.1 Å². The number of thioether (sulfide) groups is 1. The number of rotatable bonds is 5. The maximum absolute atomic E-state index is 12.9. The van der Waals surface area contributed by atoms with Crippen molar-refractivity contribution in [2.75, 3.05) is 11.1 Å². The minimum absolute atomic E-state index is 0.00267. The lowest BCUT2D eigenvalue weighted by Crippen LogP contribution is -2.17. The maximum Gasteiger partial charge on any atom is 0.416 e. The van der Waals surface area contributed by atoms with Crippen LogP contribution >= 0.6 is 11.8 Å². The second kappa shape index (κ2) is 9.42. The van der Waals surface area contributed by atoms with Crippen molar-refractivity contribution >= 4 is 23.4 Å². The van der Waals surface area contributed by atoms with Crippen molar-refractivity contribution in [2.45, 2.75) is 31.2 Å². The Bertz CT molecular complexity index is 1130. The molecule has 0 saturated carbocycles. The highest BCUT2D eigenvalue weighted by molar-refractivity contribution is 7.99. The fourth-order valence-corrected chi connectivity index (χ4v) is 3.62. The second-order valence-electron chi connectivity index (χ2n) is 7.21. The fraction of sp³-hybridized carbons (Fsp3) is 0.227. The van der Waals surface area contributed by atoms with Crippen molar-refractivity contribution in [3.05, 3.63) is 70.8 Å². The SMILES string of the molecule is Cc1ccc(-c2ccc(SCC(=O)Nc3cc(C(F)(F)F)cc(C(F)(F)F)c3)nn2)c(C)c1. The van der Waals surface area contributed by atoms with Crippen LogP contribution in [0.15, 0.2) is 53.6 Å². The molecule has 2 aromatic carbocycles. The molecule has 1 aromatic heterocycles. The summed E-state index contributed by atoms with van der Waals surface area (Å²) in [4.78, 5) is 12.1. The van der Waals surface area contributed by atoms with Crippen LogP contribution in [0.3, 0.4) is 0 Å². The predicted octanol–water partition coefficient (Wildman–Crippen LogP) is 6.53. The molecule has 3 aromatic rings. The Balaban J connectivity index is 1.68. The molecule has 0 fully saturated rings. The summed E-state index contributed by atoms with van der Waals surface area (Å²) in [5, 5.41) is 10.6. The Hall–Kier alpha value is -3.08. The maximum atomic E-state index is 12.9. The molecule has 3 rings (SSSR count). The van der Waals surface area contributed by atoms with Crippen LogP contribution in [0.2, 0.25) is 0 Å². The van der Waals surface area contributed by atoms with Crippen LogP contribution in [0.25, 0.3) is 11.3 Å². The highest BCUT2D eigenvalue weighted by Gasteiger charge is 2.37. The van der Waals surface area contributed by atoms with Crippen LogP contribution < -0.4 is 5.32 Å². The number of nitrogens with zero attached hydrogens (tertiary/aromatic N) is 2. The molecule has 1 heterocycles. The fourth-order valence-electron chi connectivity index (χ4n) is 3.01. The molecule has 0 atom stereocenters. The number of aromatic nitrogens is 2. The summed E-state index contributed by atoms with van der Waals surface area (Å²) < 4.78 is 77.7. The Morgan fingerprint density at radius 3 is 2.03 bits per heavy atom. The standard InChI is InChI=1S/C22H17F6N3OS/c1-12-3-4-17(13(2)7-12)18-5-6-20(31-30-18)33-11-19(32)29-16-9-14(21(23,24)25)8-15(10-16)22(26,27)28/h3-10H,11H2,1-2H3,(H,29,32). The highest BCUT2D eigenvalue weighted by atomic mass is 32.2. The molecular weight excluding hydrogens is 468 g/mol. The molecule has 11 heteroatoms. The molecule has 33 heavy (non-hydrogen) atoms. The van der Waals surface area contributed by atoms with E-state index in [4.69, 9.17) is 0 Å². The number of hydrogen-bond acceptors (Lipinski definition) is 4. The number of carbonyl (C=O) groups is 1. The van der Waals surface area contributed by atoms with Gasteiger partial charge in [0.25, 0.3) is 0 Å². The van der Waals surface area contributed by atoms with Gasteiger partial charge in [-0.2, -0.15) is 26.3 Å². The van der Waals surface area contributed by atoms with Gasteiger partial charge in [0.15, 0.2) is 0 Å². The van der Waals surface area contributed by atoms with Gasteiger partial charge in [0, 0.05) is 11.3 Å². The minimum Gasteiger partial charge on any atom is -0.325 e. The molecule has 1 amide bonds. The first-order valence-corrected chi connectivity index (χ1v) is 10.4. The number of aryl methyl sites for hydroxylation is 2. The van der Waals surface area contributed by atoms with E-state index in [1.54, 1.807) is 12.1 Å². The molecular formula is C22H17F6N3OS. The van der Waals surface area contributed by atoms with Crippen LogP contribution in [0.4, 0.5) is 32.0 Å². The Morgan fingerprint density at radius 2 is 1.52 bits per heavy atom. The van der Waals surface area contributed by atoms with E-state index in [0.29, 0.717) is 22.9 Å². The van der Waals surface area contributed by atoms with Crippen molar-refractivity contribution in [2.24, 2.45) is 0 Å². The smallest absolute Gasteiger partial charge is 0.325 e. The first-order valence-electron chi connectivity index (χ1n) is 9.46. The van der Waals surface area contributed by atoms with Crippen LogP contribution in [-0.2, 0) is 17.1 Å². The first-order chi connectivity index (χ1) is 15.3. The molecule has 0 radical (unpaired) electrons. The van der Waals surface area contributed by atoms with Crippen molar-refractivity contribution in [3.63, 3.8) is 0 Å². The van der Waals surface area contributed by atoms with Crippen molar-refractivity contribution in [3.8, 4) is 11.3 Å². The van der Waals surface area contributed by atoms with E-state index in [-0.39, 0.29) is 11.8 Å². The number of halogens is 6. The Morgan fingerprint density at radius 1 is 0.879 bits per heavy atom. The quantitative estimate of drug-likeness (QED) is 0.330. The molecule has 0 aliphatic rings. The van der Waals surface area contributed by atoms with E-state index in [9.17, 15) is 31.1 Å². The van der Waals surface area contributed by atoms with Gasteiger partial charge in [0.2, 0.25) is 5.91 Å². The number of amides is 1. The van der Waals surface area contributed by atoms with Crippen molar-refractivity contribution in [1.29, 1.82) is 0 Å². The summed E-state index contributed by atoms with van der Waals surface area (Å²) in [7, 11) is 0. The molecule has 174 valence electrons. The Kier molecular flexibility index (Phi) is 7.01. The average Bonchev–Trinajstić information content (AvgIpc) is 2.71. The number of carbonyl (C=O) groups excluding carboxylic acids is 1. The van der Waals surface area contributed by atoms with Gasteiger partial charge < -0.3 is 5.32 Å². The van der Waals surface area contributed by atoms with Gasteiger partial charge in [0.1, 0.15) is 5.03 Å². The van der Waals surface area contributed by atoms with Gasteiger partial charge in [-0.25, -0.2) is 0 Å². The normalized spacial score (nSPS) is 12.0. The molecule has 0 saturated heterocycles. The highest BCUT2D eigenvalue weighted by Crippen LogP contribution is 2.37. The zero-order valence-electron chi connectivity index (χ0n) is 17.3. The summed E-state index contributed by atoms with van der Waals surface area (Å²) in [5.41, 5.74) is 0.0339. The molecule has 0 bridgehead atoms. The number of hydrogen-bond donors (Lipinski definition) is 1. The zero-order valence-corrected chi connectivity index (χ0v) is 18.1. The third-order valence-electron chi connectivity index (χ3n) is 4.52. The second-order valence-corrected chi connectivity index (χ2v) is 8.20. The lowest BCUT2D eigenvalue weighted by molar-refractivity contribution is -0.143. The molecule has 4 nitrogen and oxygen atoms in total. The van der Waals surface area contributed by atoms with Crippen LogP contribution in [0, 0.1) is 13.8 Å². The third-order valence-corrected chi connectivity index (χ3v) is 5.44. The Labute approximate surface area is 189 Å². The molecule has 0 unspecified atom stereocenters. The number of benzene rings is 2. The van der Waals surface area contributed by atoms with Crippen molar-refractivity contribution in [1.82, 2.24) is 10.2 Å². The van der Waals surface area contributed by atoms with Gasteiger partial charge in [-0.3, -0.25) is 4.79 Å². The topological polar surface area (TPSA) is 54.9 Å². The predicted molar refractivity (Wildman–Crippen MR) is 113 cm³/mol. The molecule has 0 aliphatic carbocycles. The summed E-state index contributed by atoms with van der Waals surface area (Å²) in [6.45, 7) is 3.91. The van der Waals surface area contributed by atoms with E-state index in [0.717, 1.165) is 28.5 Å². The van der Waals surface area contributed by atoms with Gasteiger partial charge in [-0.05, 0) is 49.7 Å². The van der Waals surface area contributed by atoms with E-state index in [2.05, 4.69) is 15.5 Å². The van der Waals surface area contributed by atoms with Crippen LogP contribution in [-0.4, -0.2) is 21.9 Å². The lowest BCUT2D eigenvalue weighted by atomic mass is 10.0. The van der Waals surface area contributed by atoms with Gasteiger partial charge in [0.05, 0.1) is 22.6 Å². The minimum atomic E-state index is -5.00. The number of anilines is 1. The molecule has 1 N–H and O–H groups in total. The number of nitrogens with one attached hydrogen (secondary N) is 1. The van der Waals surface area contributed by atoms with Gasteiger partial charge >= 0.3 is 12.4 Å². The van der Waals surface area contributed by atoms with Crippen LogP contribution in [0.5, 0.6) is 0 Å². The summed E-state index contributed by atoms with van der Waals surface area (Å²) in [6.07, 6.45) is -9.99. The summed E-state index contributed by atoms with van der Waals surface area (Å²) >= 11 is 0.948. The largest absolute Gasteiger partial charge is 0.416 e. The monoisotopic (exact) mass is 485 g/mol. The summed E-state index contributed by atoms with van der Waals surface area (Å²) in [6, 6.07) is 10.1. The van der Waals surface area contributed by atoms with E-state index < -0.39 is 35.1 Å². The molecule has 0 spiro atoms. The van der Waals surface area contributed by atoms with E-state index in [1.165, 1.54) is 0 Å².